The van der Waals surface area contributed by atoms with Crippen molar-refractivity contribution < 1.29 is 9.53 Å². The third-order valence-electron chi connectivity index (χ3n) is 4.42. The summed E-state index contributed by atoms with van der Waals surface area (Å²) >= 11 is 0. The fourth-order valence-corrected chi connectivity index (χ4v) is 3.30. The van der Waals surface area contributed by atoms with E-state index >= 15 is 0 Å². The molecule has 5 heteroatoms. The Bertz CT molecular complexity index is 327. The van der Waals surface area contributed by atoms with Gasteiger partial charge in [-0.2, -0.15) is 0 Å². The average molecular weight is 297 g/mol. The highest BCUT2D eigenvalue weighted by Crippen LogP contribution is 2.27. The molecule has 0 aromatic rings. The Labute approximate surface area is 128 Å². The van der Waals surface area contributed by atoms with Crippen molar-refractivity contribution in [1.82, 2.24) is 15.5 Å². The molecule has 2 rings (SSSR count). The molecule has 2 aliphatic rings. The van der Waals surface area contributed by atoms with Crippen LogP contribution in [0.5, 0.6) is 0 Å². The molecule has 0 unspecified atom stereocenters. The van der Waals surface area contributed by atoms with Gasteiger partial charge in [0.15, 0.2) is 0 Å². The fourth-order valence-electron chi connectivity index (χ4n) is 3.30. The normalized spacial score (nSPS) is 28.1. The molecule has 0 bridgehead atoms. The number of hydrogen-bond acceptors (Lipinski definition) is 4. The van der Waals surface area contributed by atoms with Gasteiger partial charge in [-0.1, -0.05) is 0 Å². The molecular formula is C16H31N3O2. The van der Waals surface area contributed by atoms with Gasteiger partial charge in [-0.25, -0.2) is 4.79 Å². The van der Waals surface area contributed by atoms with Crippen molar-refractivity contribution >= 4 is 6.09 Å². The lowest BCUT2D eigenvalue weighted by Crippen LogP contribution is -2.49. The summed E-state index contributed by atoms with van der Waals surface area (Å²) in [5.74, 6) is 0.608. The molecule has 21 heavy (non-hydrogen) atoms. The van der Waals surface area contributed by atoms with Gasteiger partial charge in [0.05, 0.1) is 0 Å². The highest BCUT2D eigenvalue weighted by Gasteiger charge is 2.27. The monoisotopic (exact) mass is 297 g/mol. The first-order valence-electron chi connectivity index (χ1n) is 8.35. The number of hydrogen-bond donors (Lipinski definition) is 2. The van der Waals surface area contributed by atoms with Gasteiger partial charge in [0.2, 0.25) is 0 Å². The van der Waals surface area contributed by atoms with E-state index in [-0.39, 0.29) is 6.09 Å². The Balaban J connectivity index is 1.63. The smallest absolute Gasteiger partial charge is 0.407 e. The zero-order chi connectivity index (χ0) is 15.3. The van der Waals surface area contributed by atoms with Gasteiger partial charge in [-0.3, -0.25) is 4.90 Å². The van der Waals surface area contributed by atoms with Crippen LogP contribution in [0.15, 0.2) is 0 Å². The molecule has 1 heterocycles. The van der Waals surface area contributed by atoms with Crippen molar-refractivity contribution in [1.29, 1.82) is 0 Å². The maximum Gasteiger partial charge on any atom is 0.407 e. The summed E-state index contributed by atoms with van der Waals surface area (Å²) < 4.78 is 5.28. The molecule has 0 atom stereocenters. The number of rotatable bonds is 3. The van der Waals surface area contributed by atoms with Crippen molar-refractivity contribution in [2.75, 3.05) is 32.7 Å². The van der Waals surface area contributed by atoms with Crippen LogP contribution in [-0.4, -0.2) is 55.4 Å². The summed E-state index contributed by atoms with van der Waals surface area (Å²) in [5.41, 5.74) is -0.413. The number of amides is 1. The van der Waals surface area contributed by atoms with Gasteiger partial charge in [-0.15, -0.1) is 0 Å². The molecule has 0 spiro atoms. The van der Waals surface area contributed by atoms with Crippen LogP contribution >= 0.6 is 0 Å². The van der Waals surface area contributed by atoms with Crippen LogP contribution in [0, 0.1) is 5.92 Å². The Morgan fingerprint density at radius 3 is 2.38 bits per heavy atom. The standard InChI is InChI=1S/C16H31N3O2/c1-16(2,3)21-15(20)18-12-13-4-6-14(7-5-13)19-10-8-17-9-11-19/h13-14,17H,4-12H2,1-3H3,(H,18,20). The summed E-state index contributed by atoms with van der Waals surface area (Å²) in [4.78, 5) is 14.3. The molecule has 1 saturated heterocycles. The van der Waals surface area contributed by atoms with Gasteiger partial charge in [-0.05, 0) is 52.4 Å². The number of ether oxygens (including phenoxy) is 1. The maximum absolute atomic E-state index is 11.7. The molecule has 0 radical (unpaired) electrons. The molecule has 1 saturated carbocycles. The lowest BCUT2D eigenvalue weighted by molar-refractivity contribution is 0.0508. The van der Waals surface area contributed by atoms with Crippen molar-refractivity contribution in [3.8, 4) is 0 Å². The topological polar surface area (TPSA) is 53.6 Å². The van der Waals surface area contributed by atoms with Crippen LogP contribution in [0.4, 0.5) is 4.79 Å². The summed E-state index contributed by atoms with van der Waals surface area (Å²) in [6.07, 6.45) is 4.67. The minimum Gasteiger partial charge on any atom is -0.444 e. The van der Waals surface area contributed by atoms with Crippen molar-refractivity contribution in [2.24, 2.45) is 5.92 Å². The lowest BCUT2D eigenvalue weighted by Gasteiger charge is -2.39. The highest BCUT2D eigenvalue weighted by atomic mass is 16.6. The first kappa shape index (κ1) is 16.6. The van der Waals surface area contributed by atoms with Gasteiger partial charge in [0, 0.05) is 38.8 Å². The molecule has 1 aliphatic heterocycles. The molecule has 0 aromatic heterocycles. The summed E-state index contributed by atoms with van der Waals surface area (Å²) in [5, 5.41) is 6.33. The lowest BCUT2D eigenvalue weighted by atomic mass is 9.85. The summed E-state index contributed by atoms with van der Waals surface area (Å²) in [7, 11) is 0. The Kier molecular flexibility index (Phi) is 5.88. The van der Waals surface area contributed by atoms with E-state index in [0.717, 1.165) is 25.7 Å². The second-order valence-electron chi connectivity index (χ2n) is 7.34. The average Bonchev–Trinajstić information content (AvgIpc) is 2.45. The van der Waals surface area contributed by atoms with Crippen LogP contribution in [0.3, 0.4) is 0 Å². The number of alkyl carbamates (subject to hydrolysis) is 1. The number of carbonyl (C=O) groups excluding carboxylic acids is 1. The van der Waals surface area contributed by atoms with Crippen molar-refractivity contribution in [3.05, 3.63) is 0 Å². The second-order valence-corrected chi connectivity index (χ2v) is 7.34. The molecule has 2 N–H and O–H groups in total. The van der Waals surface area contributed by atoms with Gasteiger partial charge >= 0.3 is 6.09 Å². The zero-order valence-corrected chi connectivity index (χ0v) is 13.8. The van der Waals surface area contributed by atoms with E-state index in [9.17, 15) is 4.79 Å². The van der Waals surface area contributed by atoms with E-state index in [4.69, 9.17) is 4.74 Å². The molecular weight excluding hydrogens is 266 g/mol. The van der Waals surface area contributed by atoms with E-state index in [1.165, 1.54) is 38.8 Å². The van der Waals surface area contributed by atoms with Crippen LogP contribution in [0.2, 0.25) is 0 Å². The predicted octanol–water partition coefficient (Wildman–Crippen LogP) is 1.98. The van der Waals surface area contributed by atoms with E-state index in [1.54, 1.807) is 0 Å². The van der Waals surface area contributed by atoms with Gasteiger partial charge in [0.25, 0.3) is 0 Å². The maximum atomic E-state index is 11.7. The van der Waals surface area contributed by atoms with Crippen LogP contribution in [0.25, 0.3) is 0 Å². The Morgan fingerprint density at radius 2 is 1.81 bits per heavy atom. The molecule has 122 valence electrons. The van der Waals surface area contributed by atoms with E-state index in [0.29, 0.717) is 5.92 Å². The number of piperazine rings is 1. The van der Waals surface area contributed by atoms with E-state index in [1.807, 2.05) is 20.8 Å². The number of nitrogens with zero attached hydrogens (tertiary/aromatic N) is 1. The largest absolute Gasteiger partial charge is 0.444 e. The number of nitrogens with one attached hydrogen (secondary N) is 2. The zero-order valence-electron chi connectivity index (χ0n) is 13.8. The molecule has 1 aliphatic carbocycles. The quantitative estimate of drug-likeness (QED) is 0.836. The summed E-state index contributed by atoms with van der Waals surface area (Å²) in [6, 6.07) is 0.755. The minimum absolute atomic E-state index is 0.285. The van der Waals surface area contributed by atoms with Crippen LogP contribution < -0.4 is 10.6 Å². The van der Waals surface area contributed by atoms with E-state index in [2.05, 4.69) is 15.5 Å². The van der Waals surface area contributed by atoms with E-state index < -0.39 is 5.60 Å². The predicted molar refractivity (Wildman–Crippen MR) is 84.4 cm³/mol. The fraction of sp³-hybridized carbons (Fsp3) is 0.938. The second kappa shape index (κ2) is 7.45. The van der Waals surface area contributed by atoms with Crippen LogP contribution in [0.1, 0.15) is 46.5 Å². The molecule has 5 nitrogen and oxygen atoms in total. The van der Waals surface area contributed by atoms with Crippen LogP contribution in [-0.2, 0) is 4.74 Å². The SMILES string of the molecule is CC(C)(C)OC(=O)NCC1CCC(N2CCNCC2)CC1. The molecule has 0 aromatic carbocycles. The van der Waals surface area contributed by atoms with Crippen molar-refractivity contribution in [2.45, 2.75) is 58.1 Å². The third-order valence-corrected chi connectivity index (χ3v) is 4.42. The van der Waals surface area contributed by atoms with Gasteiger partial charge < -0.3 is 15.4 Å². The Morgan fingerprint density at radius 1 is 1.19 bits per heavy atom. The third kappa shape index (κ3) is 5.83. The minimum atomic E-state index is -0.413. The van der Waals surface area contributed by atoms with Crippen molar-refractivity contribution in [3.63, 3.8) is 0 Å². The highest BCUT2D eigenvalue weighted by molar-refractivity contribution is 5.67. The summed E-state index contributed by atoms with van der Waals surface area (Å²) in [6.45, 7) is 11.1. The first-order chi connectivity index (χ1) is 9.94. The molecule has 2 fully saturated rings. The first-order valence-corrected chi connectivity index (χ1v) is 8.35. The molecule has 1 amide bonds. The number of carbonyl (C=O) groups is 1. The van der Waals surface area contributed by atoms with Gasteiger partial charge in [0.1, 0.15) is 5.60 Å². The Hall–Kier alpha value is -0.810.